The number of hydrogen-bond acceptors (Lipinski definition) is 4. The molecule has 5 nitrogen and oxygen atoms in total. The van der Waals surface area contributed by atoms with Crippen LogP contribution in [0, 0.1) is 0 Å². The van der Waals surface area contributed by atoms with Crippen molar-refractivity contribution in [3.8, 4) is 0 Å². The third kappa shape index (κ3) is 5.05. The van der Waals surface area contributed by atoms with Crippen LogP contribution in [0.4, 0.5) is 11.6 Å². The van der Waals surface area contributed by atoms with Gasteiger partial charge in [-0.1, -0.05) is 41.9 Å². The molecule has 0 aliphatic rings. The molecular formula is C21H21ClN4O. The van der Waals surface area contributed by atoms with Gasteiger partial charge in [0.1, 0.15) is 0 Å². The summed E-state index contributed by atoms with van der Waals surface area (Å²) in [5.74, 6) is 0.380. The first-order valence-electron chi connectivity index (χ1n) is 8.84. The van der Waals surface area contributed by atoms with Crippen molar-refractivity contribution in [3.63, 3.8) is 0 Å². The molecule has 0 spiro atoms. The highest BCUT2D eigenvalue weighted by atomic mass is 35.5. The zero-order valence-electron chi connectivity index (χ0n) is 15.1. The molecule has 0 radical (unpaired) electrons. The highest BCUT2D eigenvalue weighted by Gasteiger charge is 2.16. The highest BCUT2D eigenvalue weighted by Crippen LogP contribution is 2.16. The van der Waals surface area contributed by atoms with Crippen LogP contribution in [-0.2, 0) is 6.42 Å². The van der Waals surface area contributed by atoms with Crippen molar-refractivity contribution in [1.82, 2.24) is 9.97 Å². The number of nitrogens with zero attached hydrogens (tertiary/aromatic N) is 3. The Morgan fingerprint density at radius 2 is 1.81 bits per heavy atom. The van der Waals surface area contributed by atoms with E-state index in [9.17, 15) is 4.79 Å². The van der Waals surface area contributed by atoms with Gasteiger partial charge in [-0.3, -0.25) is 4.79 Å². The van der Waals surface area contributed by atoms with Crippen LogP contribution in [0.15, 0.2) is 67.0 Å². The average molecular weight is 381 g/mol. The Labute approximate surface area is 164 Å². The van der Waals surface area contributed by atoms with Gasteiger partial charge in [0, 0.05) is 36.2 Å². The molecule has 0 unspecified atom stereocenters. The van der Waals surface area contributed by atoms with Crippen molar-refractivity contribution < 1.29 is 4.79 Å². The minimum Gasteiger partial charge on any atom is -0.354 e. The normalized spacial score (nSPS) is 10.4. The van der Waals surface area contributed by atoms with Gasteiger partial charge in [0.25, 0.3) is 5.91 Å². The van der Waals surface area contributed by atoms with Crippen molar-refractivity contribution in [2.45, 2.75) is 13.3 Å². The Balaban J connectivity index is 1.60. The van der Waals surface area contributed by atoms with Crippen molar-refractivity contribution in [1.29, 1.82) is 0 Å². The first-order chi connectivity index (χ1) is 13.2. The van der Waals surface area contributed by atoms with Gasteiger partial charge in [0.15, 0.2) is 0 Å². The summed E-state index contributed by atoms with van der Waals surface area (Å²) in [6, 6.07) is 17.3. The lowest BCUT2D eigenvalue weighted by Crippen LogP contribution is -2.30. The standard InChI is InChI=1S/C21H21ClN4O/c1-2-26(19-9-4-3-5-10-19)20(27)17-14-24-21(25-15-17)23-12-11-16-7-6-8-18(22)13-16/h3-10,13-15H,2,11-12H2,1H3,(H,23,24,25). The van der Waals surface area contributed by atoms with E-state index in [1.807, 2.05) is 61.5 Å². The Morgan fingerprint density at radius 3 is 2.48 bits per heavy atom. The molecule has 0 saturated carbocycles. The summed E-state index contributed by atoms with van der Waals surface area (Å²) in [7, 11) is 0. The lowest BCUT2D eigenvalue weighted by atomic mass is 10.1. The Morgan fingerprint density at radius 1 is 1.07 bits per heavy atom. The summed E-state index contributed by atoms with van der Waals surface area (Å²) < 4.78 is 0. The zero-order chi connectivity index (χ0) is 19.1. The monoisotopic (exact) mass is 380 g/mol. The highest BCUT2D eigenvalue weighted by molar-refractivity contribution is 6.30. The molecule has 1 amide bonds. The van der Waals surface area contributed by atoms with Crippen LogP contribution in [-0.4, -0.2) is 29.0 Å². The van der Waals surface area contributed by atoms with Gasteiger partial charge in [-0.25, -0.2) is 9.97 Å². The van der Waals surface area contributed by atoms with E-state index in [4.69, 9.17) is 11.6 Å². The lowest BCUT2D eigenvalue weighted by Gasteiger charge is -2.20. The van der Waals surface area contributed by atoms with Gasteiger partial charge in [0.05, 0.1) is 5.56 Å². The molecule has 6 heteroatoms. The topological polar surface area (TPSA) is 58.1 Å². The van der Waals surface area contributed by atoms with Crippen molar-refractivity contribution >= 4 is 29.1 Å². The lowest BCUT2D eigenvalue weighted by molar-refractivity contribution is 0.0987. The number of para-hydroxylation sites is 1. The van der Waals surface area contributed by atoms with E-state index in [-0.39, 0.29) is 5.91 Å². The largest absolute Gasteiger partial charge is 0.354 e. The minimum absolute atomic E-state index is 0.117. The second kappa shape index (κ2) is 9.14. The van der Waals surface area contributed by atoms with Crippen molar-refractivity contribution in [2.75, 3.05) is 23.3 Å². The fourth-order valence-electron chi connectivity index (χ4n) is 2.75. The first-order valence-corrected chi connectivity index (χ1v) is 9.22. The Kier molecular flexibility index (Phi) is 6.39. The van der Waals surface area contributed by atoms with E-state index in [0.29, 0.717) is 24.6 Å². The van der Waals surface area contributed by atoms with E-state index >= 15 is 0 Å². The van der Waals surface area contributed by atoms with E-state index in [0.717, 1.165) is 22.7 Å². The molecule has 3 aromatic rings. The van der Waals surface area contributed by atoms with Crippen molar-refractivity contribution in [2.24, 2.45) is 0 Å². The van der Waals surface area contributed by atoms with E-state index < -0.39 is 0 Å². The molecule has 0 aliphatic carbocycles. The number of anilines is 2. The average Bonchev–Trinajstić information content (AvgIpc) is 2.70. The van der Waals surface area contributed by atoms with Gasteiger partial charge in [-0.05, 0) is 43.2 Å². The molecule has 1 aromatic heterocycles. The smallest absolute Gasteiger partial charge is 0.261 e. The quantitative estimate of drug-likeness (QED) is 0.657. The van der Waals surface area contributed by atoms with Crippen LogP contribution in [0.25, 0.3) is 0 Å². The van der Waals surface area contributed by atoms with E-state index in [2.05, 4.69) is 15.3 Å². The molecule has 0 aliphatic heterocycles. The Hall–Kier alpha value is -2.92. The van der Waals surface area contributed by atoms with E-state index in [1.165, 1.54) is 0 Å². The number of carbonyl (C=O) groups is 1. The second-order valence-corrected chi connectivity index (χ2v) is 6.42. The molecule has 3 rings (SSSR count). The summed E-state index contributed by atoms with van der Waals surface area (Å²) in [6.45, 7) is 3.19. The second-order valence-electron chi connectivity index (χ2n) is 5.99. The fourth-order valence-corrected chi connectivity index (χ4v) is 2.96. The summed E-state index contributed by atoms with van der Waals surface area (Å²) in [5.41, 5.74) is 2.46. The van der Waals surface area contributed by atoms with Crippen LogP contribution in [0.5, 0.6) is 0 Å². The third-order valence-electron chi connectivity index (χ3n) is 4.11. The molecule has 1 heterocycles. The van der Waals surface area contributed by atoms with Gasteiger partial charge >= 0.3 is 0 Å². The van der Waals surface area contributed by atoms with Gasteiger partial charge in [0.2, 0.25) is 5.95 Å². The third-order valence-corrected chi connectivity index (χ3v) is 4.35. The maximum Gasteiger partial charge on any atom is 0.261 e. The SMILES string of the molecule is CCN(C(=O)c1cnc(NCCc2cccc(Cl)c2)nc1)c1ccccc1. The van der Waals surface area contributed by atoms with Crippen LogP contribution in [0.2, 0.25) is 5.02 Å². The summed E-state index contributed by atoms with van der Waals surface area (Å²) >= 11 is 5.99. The van der Waals surface area contributed by atoms with Gasteiger partial charge in [-0.15, -0.1) is 0 Å². The predicted octanol–water partition coefficient (Wildman–Crippen LogP) is 4.45. The number of benzene rings is 2. The first kappa shape index (κ1) is 18.9. The molecule has 1 N–H and O–H groups in total. The van der Waals surface area contributed by atoms with Crippen LogP contribution < -0.4 is 10.2 Å². The van der Waals surface area contributed by atoms with E-state index in [1.54, 1.807) is 17.3 Å². The number of nitrogens with one attached hydrogen (secondary N) is 1. The number of amides is 1. The number of carbonyl (C=O) groups excluding carboxylic acids is 1. The molecule has 0 bridgehead atoms. The summed E-state index contributed by atoms with van der Waals surface area (Å²) in [6.07, 6.45) is 3.92. The number of halogens is 1. The van der Waals surface area contributed by atoms with Crippen LogP contribution in [0.3, 0.4) is 0 Å². The van der Waals surface area contributed by atoms with Crippen LogP contribution >= 0.6 is 11.6 Å². The molecule has 138 valence electrons. The molecular weight excluding hydrogens is 360 g/mol. The molecule has 2 aromatic carbocycles. The maximum absolute atomic E-state index is 12.7. The van der Waals surface area contributed by atoms with Crippen molar-refractivity contribution in [3.05, 3.63) is 83.1 Å². The van der Waals surface area contributed by atoms with Crippen LogP contribution in [0.1, 0.15) is 22.8 Å². The zero-order valence-corrected chi connectivity index (χ0v) is 15.9. The summed E-state index contributed by atoms with van der Waals surface area (Å²) in [4.78, 5) is 23.0. The van der Waals surface area contributed by atoms with Gasteiger partial charge in [-0.2, -0.15) is 0 Å². The number of hydrogen-bond donors (Lipinski definition) is 1. The molecule has 27 heavy (non-hydrogen) atoms. The Bertz CT molecular complexity index is 884. The summed E-state index contributed by atoms with van der Waals surface area (Å²) in [5, 5.41) is 3.89. The minimum atomic E-state index is -0.117. The number of rotatable bonds is 7. The maximum atomic E-state index is 12.7. The predicted molar refractivity (Wildman–Crippen MR) is 109 cm³/mol. The molecule has 0 saturated heterocycles. The fraction of sp³-hybridized carbons (Fsp3) is 0.190. The van der Waals surface area contributed by atoms with Gasteiger partial charge < -0.3 is 10.2 Å². The number of aromatic nitrogens is 2. The molecule has 0 fully saturated rings. The molecule has 0 atom stereocenters.